The van der Waals surface area contributed by atoms with Crippen LogP contribution in [0.4, 0.5) is 0 Å². The van der Waals surface area contributed by atoms with Gasteiger partial charge in [-0.25, -0.2) is 0 Å². The Hall–Kier alpha value is -0.930. The van der Waals surface area contributed by atoms with Gasteiger partial charge in [0.2, 0.25) is 0 Å². The lowest BCUT2D eigenvalue weighted by atomic mass is 10.1. The minimum atomic E-state index is -0.935. The maximum atomic E-state index is 11.5. The molecule has 2 atom stereocenters. The van der Waals surface area contributed by atoms with Crippen molar-refractivity contribution < 1.29 is 8.95 Å². The molecule has 74 valence electrons. The highest BCUT2D eigenvalue weighted by atomic mass is 32.2. The second kappa shape index (κ2) is 4.07. The molecule has 14 heavy (non-hydrogen) atoms. The van der Waals surface area contributed by atoms with Gasteiger partial charge in [-0.05, 0) is 5.56 Å². The van der Waals surface area contributed by atoms with Gasteiger partial charge in [-0.15, -0.1) is 0 Å². The standard InChI is InChI=1S/C11H12O2S/c1-9-7-13-11(8-14(9)12)10-5-3-2-4-6-10/h2-6,11H,1,7-8H2/t11-,14+/m0/s1. The van der Waals surface area contributed by atoms with Gasteiger partial charge in [0.05, 0.1) is 29.3 Å². The largest absolute Gasteiger partial charge is 0.367 e. The van der Waals surface area contributed by atoms with Gasteiger partial charge in [0.1, 0.15) is 0 Å². The topological polar surface area (TPSA) is 26.3 Å². The lowest BCUT2D eigenvalue weighted by Crippen LogP contribution is -2.22. The van der Waals surface area contributed by atoms with Crippen molar-refractivity contribution in [3.63, 3.8) is 0 Å². The number of rotatable bonds is 1. The Morgan fingerprint density at radius 1 is 1.36 bits per heavy atom. The van der Waals surface area contributed by atoms with E-state index < -0.39 is 10.8 Å². The van der Waals surface area contributed by atoms with Crippen LogP contribution < -0.4 is 0 Å². The summed E-state index contributed by atoms with van der Waals surface area (Å²) in [6.07, 6.45) is -0.0393. The first-order valence-electron chi connectivity index (χ1n) is 4.50. The van der Waals surface area contributed by atoms with Crippen molar-refractivity contribution in [2.45, 2.75) is 6.10 Å². The molecular formula is C11H12O2S. The summed E-state index contributed by atoms with van der Waals surface area (Å²) in [6.45, 7) is 4.11. The number of hydrogen-bond donors (Lipinski definition) is 0. The third-order valence-corrected chi connectivity index (χ3v) is 3.61. The monoisotopic (exact) mass is 208 g/mol. The van der Waals surface area contributed by atoms with Crippen LogP contribution in [0.1, 0.15) is 11.7 Å². The highest BCUT2D eigenvalue weighted by Crippen LogP contribution is 2.25. The molecule has 0 unspecified atom stereocenters. The second-order valence-electron chi connectivity index (χ2n) is 3.26. The number of ether oxygens (including phenoxy) is 1. The van der Waals surface area contributed by atoms with Crippen LogP contribution in [-0.4, -0.2) is 16.6 Å². The molecule has 0 spiro atoms. The normalized spacial score (nSPS) is 27.6. The van der Waals surface area contributed by atoms with Crippen molar-refractivity contribution in [3.05, 3.63) is 47.4 Å². The van der Waals surface area contributed by atoms with Crippen LogP contribution in [0.3, 0.4) is 0 Å². The van der Waals surface area contributed by atoms with Gasteiger partial charge < -0.3 is 4.74 Å². The van der Waals surface area contributed by atoms with Crippen LogP contribution in [0.25, 0.3) is 0 Å². The van der Waals surface area contributed by atoms with E-state index in [1.54, 1.807) is 0 Å². The van der Waals surface area contributed by atoms with Crippen molar-refractivity contribution in [2.75, 3.05) is 12.4 Å². The van der Waals surface area contributed by atoms with Crippen LogP contribution in [0.15, 0.2) is 41.8 Å². The molecule has 2 nitrogen and oxygen atoms in total. The fourth-order valence-corrected chi connectivity index (χ4v) is 2.42. The van der Waals surface area contributed by atoms with E-state index in [2.05, 4.69) is 6.58 Å². The van der Waals surface area contributed by atoms with Gasteiger partial charge in [-0.3, -0.25) is 4.21 Å². The predicted octanol–water partition coefficient (Wildman–Crippen LogP) is 2.02. The van der Waals surface area contributed by atoms with E-state index >= 15 is 0 Å². The average molecular weight is 208 g/mol. The lowest BCUT2D eigenvalue weighted by Gasteiger charge is -2.23. The lowest BCUT2D eigenvalue weighted by molar-refractivity contribution is 0.0842. The zero-order valence-corrected chi connectivity index (χ0v) is 8.63. The van der Waals surface area contributed by atoms with E-state index in [1.807, 2.05) is 30.3 Å². The maximum absolute atomic E-state index is 11.5. The van der Waals surface area contributed by atoms with Gasteiger partial charge in [-0.2, -0.15) is 0 Å². The van der Waals surface area contributed by atoms with E-state index in [0.29, 0.717) is 17.3 Å². The van der Waals surface area contributed by atoms with E-state index in [1.165, 1.54) is 0 Å². The van der Waals surface area contributed by atoms with Crippen LogP contribution in [0, 0.1) is 0 Å². The molecule has 0 N–H and O–H groups in total. The summed E-state index contributed by atoms with van der Waals surface area (Å²) in [5.74, 6) is 0.531. The summed E-state index contributed by atoms with van der Waals surface area (Å²) in [5.41, 5.74) is 1.09. The number of benzene rings is 1. The average Bonchev–Trinajstić information content (AvgIpc) is 2.23. The molecule has 3 heteroatoms. The molecule has 1 saturated heterocycles. The summed E-state index contributed by atoms with van der Waals surface area (Å²) in [7, 11) is -0.935. The smallest absolute Gasteiger partial charge is 0.0948 e. The Morgan fingerprint density at radius 3 is 2.71 bits per heavy atom. The third-order valence-electron chi connectivity index (χ3n) is 2.24. The minimum Gasteiger partial charge on any atom is -0.367 e. The molecular weight excluding hydrogens is 196 g/mol. The summed E-state index contributed by atoms with van der Waals surface area (Å²) in [6, 6.07) is 9.88. The van der Waals surface area contributed by atoms with E-state index in [4.69, 9.17) is 4.74 Å². The molecule has 1 heterocycles. The van der Waals surface area contributed by atoms with Gasteiger partial charge in [-0.1, -0.05) is 36.9 Å². The summed E-state index contributed by atoms with van der Waals surface area (Å²) in [4.78, 5) is 0.692. The van der Waals surface area contributed by atoms with Crippen molar-refractivity contribution in [1.29, 1.82) is 0 Å². The van der Waals surface area contributed by atoms with Crippen LogP contribution in [0.5, 0.6) is 0 Å². The summed E-state index contributed by atoms with van der Waals surface area (Å²) < 4.78 is 17.1. The van der Waals surface area contributed by atoms with E-state index in [0.717, 1.165) is 5.56 Å². The molecule has 0 saturated carbocycles. The van der Waals surface area contributed by atoms with Crippen LogP contribution >= 0.6 is 0 Å². The highest BCUT2D eigenvalue weighted by molar-refractivity contribution is 7.89. The molecule has 0 radical (unpaired) electrons. The first-order chi connectivity index (χ1) is 6.77. The van der Waals surface area contributed by atoms with Crippen molar-refractivity contribution >= 4 is 10.8 Å². The second-order valence-corrected chi connectivity index (χ2v) is 4.86. The highest BCUT2D eigenvalue weighted by Gasteiger charge is 2.22. The van der Waals surface area contributed by atoms with E-state index in [9.17, 15) is 4.21 Å². The Balaban J connectivity index is 2.14. The maximum Gasteiger partial charge on any atom is 0.0948 e. The van der Waals surface area contributed by atoms with Gasteiger partial charge in [0.15, 0.2) is 0 Å². The molecule has 1 aliphatic heterocycles. The Labute approximate surface area is 86.0 Å². The number of hydrogen-bond acceptors (Lipinski definition) is 2. The third kappa shape index (κ3) is 1.94. The predicted molar refractivity (Wildman–Crippen MR) is 57.3 cm³/mol. The molecule has 1 aromatic rings. The van der Waals surface area contributed by atoms with Crippen molar-refractivity contribution in [3.8, 4) is 0 Å². The van der Waals surface area contributed by atoms with Crippen LogP contribution in [0.2, 0.25) is 0 Å². The molecule has 2 rings (SSSR count). The molecule has 1 aliphatic rings. The summed E-state index contributed by atoms with van der Waals surface area (Å²) in [5, 5.41) is 0. The van der Waals surface area contributed by atoms with Gasteiger partial charge >= 0.3 is 0 Å². The molecule has 1 fully saturated rings. The van der Waals surface area contributed by atoms with Gasteiger partial charge in [0.25, 0.3) is 0 Å². The van der Waals surface area contributed by atoms with E-state index in [-0.39, 0.29) is 6.10 Å². The molecule has 1 aromatic carbocycles. The first-order valence-corrected chi connectivity index (χ1v) is 5.82. The Bertz CT molecular complexity index is 359. The molecule has 0 amide bonds. The van der Waals surface area contributed by atoms with Crippen molar-refractivity contribution in [2.24, 2.45) is 0 Å². The molecule has 0 bridgehead atoms. The first kappa shape index (κ1) is 9.62. The Kier molecular flexibility index (Phi) is 2.79. The van der Waals surface area contributed by atoms with Gasteiger partial charge in [0, 0.05) is 4.91 Å². The Morgan fingerprint density at radius 2 is 2.07 bits per heavy atom. The molecule has 0 aliphatic carbocycles. The SMILES string of the molecule is C=C1CO[C@H](c2ccccc2)C[S@]1=O. The summed E-state index contributed by atoms with van der Waals surface area (Å²) >= 11 is 0. The fourth-order valence-electron chi connectivity index (χ4n) is 1.42. The minimum absolute atomic E-state index is 0.0393. The molecule has 0 aromatic heterocycles. The van der Waals surface area contributed by atoms with Crippen molar-refractivity contribution in [1.82, 2.24) is 0 Å². The van der Waals surface area contributed by atoms with Crippen LogP contribution in [-0.2, 0) is 15.5 Å². The zero-order chi connectivity index (χ0) is 9.97. The quantitative estimate of drug-likeness (QED) is 0.705. The fraction of sp³-hybridized carbons (Fsp3) is 0.273. The zero-order valence-electron chi connectivity index (χ0n) is 7.81.